The number of ether oxygens (including phenoxy) is 8. The van der Waals surface area contributed by atoms with Gasteiger partial charge in [-0.2, -0.15) is 10.4 Å². The Morgan fingerprint density at radius 1 is 0.870 bits per heavy atom. The summed E-state index contributed by atoms with van der Waals surface area (Å²) in [5.41, 5.74) is 2.21. The van der Waals surface area contributed by atoms with Crippen molar-refractivity contribution < 1.29 is 57.9 Å². The number of carbonyl (C=O) groups excluding carboxylic acids is 1. The molecule has 1 amide bonds. The molecular formula is C34H42NO11+. The fourth-order valence-corrected chi connectivity index (χ4v) is 6.05. The van der Waals surface area contributed by atoms with Crippen LogP contribution >= 0.6 is 0 Å². The topological polar surface area (TPSA) is 131 Å². The van der Waals surface area contributed by atoms with Gasteiger partial charge in [0.25, 0.3) is 0 Å². The summed E-state index contributed by atoms with van der Waals surface area (Å²) in [6.45, 7) is 4.53. The number of nitrogens with zero attached hydrogens (tertiary/aromatic N) is 1. The van der Waals surface area contributed by atoms with Gasteiger partial charge in [0.05, 0.1) is 58.9 Å². The zero-order valence-corrected chi connectivity index (χ0v) is 27.0. The predicted octanol–water partition coefficient (Wildman–Crippen LogP) is 6.37. The van der Waals surface area contributed by atoms with Crippen molar-refractivity contribution in [3.8, 4) is 40.2 Å². The maximum Gasteiger partial charge on any atom is 0.411 e. The van der Waals surface area contributed by atoms with Gasteiger partial charge in [-0.1, -0.05) is 13.8 Å². The molecule has 3 aromatic rings. The summed E-state index contributed by atoms with van der Waals surface area (Å²) < 4.78 is 45.5. The molecule has 2 N–H and O–H groups in total. The van der Waals surface area contributed by atoms with E-state index in [1.54, 1.807) is 34.3 Å². The summed E-state index contributed by atoms with van der Waals surface area (Å²) in [4.78, 5) is 11.7. The van der Waals surface area contributed by atoms with E-state index in [0.717, 1.165) is 11.1 Å². The lowest BCUT2D eigenvalue weighted by Gasteiger charge is -2.30. The second-order valence-electron chi connectivity index (χ2n) is 11.1. The molecular weight excluding hydrogens is 598 g/mol. The van der Waals surface area contributed by atoms with Gasteiger partial charge >= 0.3 is 5.91 Å². The molecule has 3 atom stereocenters. The number of fused-ring (bicyclic) bond motifs is 1. The molecule has 1 saturated heterocycles. The molecule has 0 bridgehead atoms. The van der Waals surface area contributed by atoms with Crippen LogP contribution in [-0.4, -0.2) is 69.6 Å². The van der Waals surface area contributed by atoms with E-state index in [2.05, 4.69) is 0 Å². The quantitative estimate of drug-likeness (QED) is 0.123. The van der Waals surface area contributed by atoms with Crippen LogP contribution in [0.4, 0.5) is 0 Å². The van der Waals surface area contributed by atoms with E-state index >= 15 is 0 Å². The zero-order chi connectivity index (χ0) is 33.0. The second-order valence-corrected chi connectivity index (χ2v) is 11.1. The van der Waals surface area contributed by atoms with Gasteiger partial charge in [-0.3, -0.25) is 0 Å². The highest BCUT2D eigenvalue weighted by Crippen LogP contribution is 2.48. The SMILES string of the molecule is CCCOc1c(OC)cc(C2COC(c3cc(OC)c(OC)c(OC)c3)C2)cc1C(CC)[N+](O)(O)C(=O)c1ccc2c(c1)OCO2. The van der Waals surface area contributed by atoms with Crippen LogP contribution in [0, 0.1) is 0 Å². The van der Waals surface area contributed by atoms with Crippen LogP contribution in [0.3, 0.4) is 0 Å². The molecule has 0 spiro atoms. The third-order valence-corrected chi connectivity index (χ3v) is 8.40. The van der Waals surface area contributed by atoms with Crippen LogP contribution in [0.5, 0.6) is 40.2 Å². The van der Waals surface area contributed by atoms with Crippen LogP contribution in [0.15, 0.2) is 42.5 Å². The van der Waals surface area contributed by atoms with E-state index in [1.165, 1.54) is 19.2 Å². The van der Waals surface area contributed by atoms with Gasteiger partial charge in [0.1, 0.15) is 0 Å². The third-order valence-electron chi connectivity index (χ3n) is 8.40. The highest BCUT2D eigenvalue weighted by molar-refractivity contribution is 5.89. The minimum atomic E-state index is -1.93. The molecule has 2 aliphatic rings. The Balaban J connectivity index is 1.51. The van der Waals surface area contributed by atoms with Gasteiger partial charge in [0.15, 0.2) is 40.5 Å². The summed E-state index contributed by atoms with van der Waals surface area (Å²) in [6, 6.07) is 10.9. The number of hydrogen-bond acceptors (Lipinski definition) is 11. The highest BCUT2D eigenvalue weighted by atomic mass is 16.8. The van der Waals surface area contributed by atoms with E-state index in [1.807, 2.05) is 31.2 Å². The molecule has 2 aliphatic heterocycles. The number of quaternary nitrogens is 1. The largest absolute Gasteiger partial charge is 0.493 e. The van der Waals surface area contributed by atoms with Gasteiger partial charge in [-0.15, -0.1) is 0 Å². The van der Waals surface area contributed by atoms with Crippen LogP contribution in [-0.2, 0) is 4.74 Å². The van der Waals surface area contributed by atoms with Crippen molar-refractivity contribution in [3.05, 3.63) is 64.7 Å². The van der Waals surface area contributed by atoms with Crippen molar-refractivity contribution >= 4 is 5.91 Å². The Kier molecular flexibility index (Phi) is 10.1. The number of hydrogen-bond donors (Lipinski definition) is 2. The maximum atomic E-state index is 13.7. The predicted molar refractivity (Wildman–Crippen MR) is 165 cm³/mol. The van der Waals surface area contributed by atoms with Crippen LogP contribution in [0.2, 0.25) is 0 Å². The smallest absolute Gasteiger partial charge is 0.411 e. The standard InChI is InChI=1S/C34H42NO11/c1-7-11-43-32-24(25(8-2)35(37,38)34(36)20-9-10-26-28(13-20)46-19-45-26)12-21(14-29(32)39-3)23-17-27(44-18-23)22-15-30(40-4)33(42-6)31(16-22)41-5/h9-10,12-16,23,25,27,37-38H,7-8,11,17-19H2,1-6H3/q+1. The Morgan fingerprint density at radius 3 is 2.15 bits per heavy atom. The van der Waals surface area contributed by atoms with E-state index in [9.17, 15) is 15.2 Å². The average Bonchev–Trinajstić information content (AvgIpc) is 3.76. The van der Waals surface area contributed by atoms with Gasteiger partial charge in [0, 0.05) is 23.2 Å². The van der Waals surface area contributed by atoms with Gasteiger partial charge < -0.3 is 37.9 Å². The van der Waals surface area contributed by atoms with E-state index < -0.39 is 16.8 Å². The lowest BCUT2D eigenvalue weighted by molar-refractivity contribution is -1.21. The first-order valence-electron chi connectivity index (χ1n) is 15.2. The van der Waals surface area contributed by atoms with Gasteiger partial charge in [-0.25, -0.2) is 4.79 Å². The number of methoxy groups -OCH3 is 4. The molecule has 3 aromatic carbocycles. The summed E-state index contributed by atoms with van der Waals surface area (Å²) in [6.07, 6.45) is 1.24. The Labute approximate surface area is 268 Å². The molecule has 0 aliphatic carbocycles. The average molecular weight is 641 g/mol. The molecule has 0 saturated carbocycles. The normalized spacial score (nSPS) is 17.8. The zero-order valence-electron chi connectivity index (χ0n) is 27.0. The summed E-state index contributed by atoms with van der Waals surface area (Å²) >= 11 is 0. The van der Waals surface area contributed by atoms with E-state index in [4.69, 9.17) is 37.9 Å². The molecule has 46 heavy (non-hydrogen) atoms. The summed E-state index contributed by atoms with van der Waals surface area (Å²) in [5, 5.41) is 23.0. The Morgan fingerprint density at radius 2 is 1.52 bits per heavy atom. The molecule has 5 rings (SSSR count). The summed E-state index contributed by atoms with van der Waals surface area (Å²) in [7, 11) is 6.22. The molecule has 248 valence electrons. The van der Waals surface area contributed by atoms with Crippen LogP contribution in [0.1, 0.15) is 78.2 Å². The highest BCUT2D eigenvalue weighted by Gasteiger charge is 2.47. The molecule has 0 aromatic heterocycles. The first-order valence-corrected chi connectivity index (χ1v) is 15.2. The molecule has 12 heteroatoms. The minimum absolute atomic E-state index is 0.0266. The van der Waals surface area contributed by atoms with Crippen molar-refractivity contribution in [2.24, 2.45) is 0 Å². The number of hydroxylamine groups is 4. The first kappa shape index (κ1) is 33.1. The number of rotatable bonds is 13. The van der Waals surface area contributed by atoms with Crippen molar-refractivity contribution in [2.75, 3.05) is 48.4 Å². The number of amides is 1. The summed E-state index contributed by atoms with van der Waals surface area (Å²) in [5.74, 6) is 2.16. The van der Waals surface area contributed by atoms with Crippen molar-refractivity contribution in [3.63, 3.8) is 0 Å². The molecule has 12 nitrogen and oxygen atoms in total. The third kappa shape index (κ3) is 6.25. The van der Waals surface area contributed by atoms with Crippen molar-refractivity contribution in [2.45, 2.75) is 51.2 Å². The van der Waals surface area contributed by atoms with Crippen LogP contribution < -0.4 is 33.2 Å². The van der Waals surface area contributed by atoms with Gasteiger partial charge in [-0.05, 0) is 60.4 Å². The second kappa shape index (κ2) is 14.0. The Bertz CT molecular complexity index is 1530. The lowest BCUT2D eigenvalue weighted by Crippen LogP contribution is -2.49. The van der Waals surface area contributed by atoms with Crippen molar-refractivity contribution in [1.29, 1.82) is 0 Å². The van der Waals surface area contributed by atoms with Gasteiger partial charge in [0.2, 0.25) is 12.5 Å². The molecule has 1 fully saturated rings. The monoisotopic (exact) mass is 640 g/mol. The molecule has 2 heterocycles. The first-order chi connectivity index (χ1) is 22.2. The minimum Gasteiger partial charge on any atom is -0.493 e. The fourth-order valence-electron chi connectivity index (χ4n) is 6.05. The fraction of sp³-hybridized carbons (Fsp3) is 0.441. The van der Waals surface area contributed by atoms with Crippen LogP contribution in [0.25, 0.3) is 0 Å². The van der Waals surface area contributed by atoms with E-state index in [-0.39, 0.29) is 30.8 Å². The molecule has 0 radical (unpaired) electrons. The number of benzene rings is 3. The van der Waals surface area contributed by atoms with E-state index in [0.29, 0.717) is 71.9 Å². The van der Waals surface area contributed by atoms with Crippen molar-refractivity contribution in [1.82, 2.24) is 0 Å². The molecule has 3 unspecified atom stereocenters. The Hall–Kier alpha value is -4.23. The number of carbonyl (C=O) groups is 1. The lowest BCUT2D eigenvalue weighted by atomic mass is 9.90. The maximum absolute atomic E-state index is 13.7.